The molecular formula is C20H28N4O3. The summed E-state index contributed by atoms with van der Waals surface area (Å²) in [5.74, 6) is -0.0562. The molecule has 1 atom stereocenters. The van der Waals surface area contributed by atoms with Crippen molar-refractivity contribution >= 4 is 5.97 Å². The Kier molecular flexibility index (Phi) is 5.51. The highest BCUT2D eigenvalue weighted by molar-refractivity contribution is 5.87. The number of carboxylic acids is 1. The molecule has 0 fully saturated rings. The summed E-state index contributed by atoms with van der Waals surface area (Å²) in [7, 11) is 3.76. The number of likely N-dealkylation sites (N-methyl/N-ethyl adjacent to an activating group) is 1. The number of fused-ring (bicyclic) bond motifs is 1. The van der Waals surface area contributed by atoms with Crippen LogP contribution >= 0.6 is 0 Å². The molecule has 0 bridgehead atoms. The van der Waals surface area contributed by atoms with Crippen LogP contribution in [-0.2, 0) is 25.9 Å². The molecule has 0 amide bonds. The molecule has 2 heterocycles. The second-order valence-electron chi connectivity index (χ2n) is 7.25. The zero-order chi connectivity index (χ0) is 19.7. The van der Waals surface area contributed by atoms with E-state index in [0.29, 0.717) is 19.5 Å². The Morgan fingerprint density at radius 2 is 2.19 bits per heavy atom. The summed E-state index contributed by atoms with van der Waals surface area (Å²) in [6.07, 6.45) is 4.38. The van der Waals surface area contributed by atoms with Crippen molar-refractivity contribution in [3.8, 4) is 5.75 Å². The average molecular weight is 372 g/mol. The number of nitrogens with zero attached hydrogens (tertiary/aromatic N) is 4. The van der Waals surface area contributed by atoms with Gasteiger partial charge in [0.15, 0.2) is 5.69 Å². The zero-order valence-electron chi connectivity index (χ0n) is 16.7. The van der Waals surface area contributed by atoms with Gasteiger partial charge in [0.2, 0.25) is 0 Å². The summed E-state index contributed by atoms with van der Waals surface area (Å²) in [6, 6.07) is 0.263. The Morgan fingerprint density at radius 3 is 2.81 bits per heavy atom. The maximum atomic E-state index is 11.6. The van der Waals surface area contributed by atoms with Gasteiger partial charge in [-0.2, -0.15) is 5.10 Å². The first-order valence-corrected chi connectivity index (χ1v) is 9.38. The topological polar surface area (TPSA) is 80.5 Å². The summed E-state index contributed by atoms with van der Waals surface area (Å²) in [5, 5.41) is 13.8. The van der Waals surface area contributed by atoms with Crippen molar-refractivity contribution in [2.75, 3.05) is 14.2 Å². The molecule has 0 aromatic carbocycles. The normalized spacial score (nSPS) is 16.4. The van der Waals surface area contributed by atoms with Crippen molar-refractivity contribution in [3.05, 3.63) is 40.0 Å². The van der Waals surface area contributed by atoms with E-state index in [1.807, 2.05) is 31.6 Å². The van der Waals surface area contributed by atoms with E-state index in [9.17, 15) is 9.90 Å². The predicted molar refractivity (Wildman–Crippen MR) is 102 cm³/mol. The zero-order valence-corrected chi connectivity index (χ0v) is 16.7. The van der Waals surface area contributed by atoms with Crippen molar-refractivity contribution in [2.45, 2.75) is 59.2 Å². The lowest BCUT2D eigenvalue weighted by Gasteiger charge is -2.32. The van der Waals surface area contributed by atoms with Crippen molar-refractivity contribution in [2.24, 2.45) is 0 Å². The highest BCUT2D eigenvalue weighted by Crippen LogP contribution is 2.29. The number of hydrogen-bond donors (Lipinski definition) is 1. The molecule has 2 aromatic rings. The third-order valence-electron chi connectivity index (χ3n) is 5.59. The standard InChI is InChI=1S/C20H28N4O3/c1-6-24-17-8-7-14(9-15(17)18(22-24)20(25)26)23(4)11-16-13(3)19(27-5)12(2)10-21-16/h10,14H,6-9,11H2,1-5H3,(H,25,26)/t14-/m0/s1. The number of aryl methyl sites for hydroxylation is 2. The van der Waals surface area contributed by atoms with Crippen molar-refractivity contribution in [1.29, 1.82) is 0 Å². The van der Waals surface area contributed by atoms with Crippen LogP contribution in [0.25, 0.3) is 0 Å². The van der Waals surface area contributed by atoms with Crippen LogP contribution in [-0.4, -0.2) is 50.9 Å². The summed E-state index contributed by atoms with van der Waals surface area (Å²) in [6.45, 7) is 7.42. The number of pyridine rings is 1. The van der Waals surface area contributed by atoms with Gasteiger partial charge < -0.3 is 9.84 Å². The van der Waals surface area contributed by atoms with Crippen LogP contribution in [0.4, 0.5) is 0 Å². The summed E-state index contributed by atoms with van der Waals surface area (Å²) in [5.41, 5.74) is 5.25. The number of hydrogen-bond acceptors (Lipinski definition) is 5. The molecule has 7 heteroatoms. The molecule has 3 rings (SSSR count). The molecule has 0 spiro atoms. The van der Waals surface area contributed by atoms with Crippen LogP contribution in [0.1, 0.15) is 51.9 Å². The van der Waals surface area contributed by atoms with E-state index in [1.54, 1.807) is 7.11 Å². The quantitative estimate of drug-likeness (QED) is 0.840. The van der Waals surface area contributed by atoms with E-state index in [1.165, 1.54) is 0 Å². The minimum absolute atomic E-state index is 0.205. The number of ether oxygens (including phenoxy) is 1. The average Bonchev–Trinajstić information content (AvgIpc) is 3.02. The first-order chi connectivity index (χ1) is 12.9. The van der Waals surface area contributed by atoms with Crippen LogP contribution in [0.2, 0.25) is 0 Å². The lowest BCUT2D eigenvalue weighted by Crippen LogP contribution is -2.37. The number of carbonyl (C=O) groups is 1. The maximum Gasteiger partial charge on any atom is 0.356 e. The number of methoxy groups -OCH3 is 1. The lowest BCUT2D eigenvalue weighted by molar-refractivity contribution is 0.0687. The minimum Gasteiger partial charge on any atom is -0.496 e. The Bertz CT molecular complexity index is 859. The molecule has 0 unspecified atom stereocenters. The number of aromatic nitrogens is 3. The van der Waals surface area contributed by atoms with E-state index in [4.69, 9.17) is 4.74 Å². The van der Waals surface area contributed by atoms with Crippen molar-refractivity contribution < 1.29 is 14.6 Å². The van der Waals surface area contributed by atoms with Crippen LogP contribution in [0, 0.1) is 13.8 Å². The second kappa shape index (κ2) is 7.68. The molecule has 0 saturated carbocycles. The van der Waals surface area contributed by atoms with Gasteiger partial charge in [-0.3, -0.25) is 14.6 Å². The van der Waals surface area contributed by atoms with Gasteiger partial charge in [0, 0.05) is 47.7 Å². The fraction of sp³-hybridized carbons (Fsp3) is 0.550. The molecule has 0 saturated heterocycles. The molecule has 146 valence electrons. The van der Waals surface area contributed by atoms with Gasteiger partial charge in [0.25, 0.3) is 0 Å². The van der Waals surface area contributed by atoms with Gasteiger partial charge in [0.05, 0.1) is 12.8 Å². The third kappa shape index (κ3) is 3.56. The van der Waals surface area contributed by atoms with Gasteiger partial charge in [-0.25, -0.2) is 4.79 Å². The van der Waals surface area contributed by atoms with E-state index in [0.717, 1.165) is 46.7 Å². The van der Waals surface area contributed by atoms with E-state index in [2.05, 4.69) is 22.0 Å². The number of carboxylic acid groups (broad SMARTS) is 1. The monoisotopic (exact) mass is 372 g/mol. The largest absolute Gasteiger partial charge is 0.496 e. The Hall–Kier alpha value is -2.41. The Morgan fingerprint density at radius 1 is 1.44 bits per heavy atom. The fourth-order valence-corrected chi connectivity index (χ4v) is 4.07. The van der Waals surface area contributed by atoms with E-state index >= 15 is 0 Å². The molecule has 2 aromatic heterocycles. The fourth-order valence-electron chi connectivity index (χ4n) is 4.07. The van der Waals surface area contributed by atoms with Gasteiger partial charge in [-0.05, 0) is 47.1 Å². The van der Waals surface area contributed by atoms with Crippen LogP contribution in [0.5, 0.6) is 5.75 Å². The van der Waals surface area contributed by atoms with Crippen molar-refractivity contribution in [3.63, 3.8) is 0 Å². The van der Waals surface area contributed by atoms with Crippen LogP contribution < -0.4 is 4.74 Å². The molecule has 0 radical (unpaired) electrons. The SMILES string of the molecule is CCn1nc(C(=O)O)c2c1CC[C@H](N(C)Cc1ncc(C)c(OC)c1C)C2. The smallest absolute Gasteiger partial charge is 0.356 e. The first kappa shape index (κ1) is 19.4. The number of aromatic carboxylic acids is 1. The summed E-state index contributed by atoms with van der Waals surface area (Å²) in [4.78, 5) is 18.5. The Labute approximate surface area is 160 Å². The molecule has 1 aliphatic rings. The highest BCUT2D eigenvalue weighted by Gasteiger charge is 2.30. The van der Waals surface area contributed by atoms with Gasteiger partial charge in [-0.1, -0.05) is 0 Å². The molecule has 1 aliphatic carbocycles. The molecule has 1 N–H and O–H groups in total. The van der Waals surface area contributed by atoms with Crippen molar-refractivity contribution in [1.82, 2.24) is 19.7 Å². The van der Waals surface area contributed by atoms with Crippen LogP contribution in [0.15, 0.2) is 6.20 Å². The van der Waals surface area contributed by atoms with Gasteiger partial charge >= 0.3 is 5.97 Å². The third-order valence-corrected chi connectivity index (χ3v) is 5.59. The molecule has 27 heavy (non-hydrogen) atoms. The minimum atomic E-state index is -0.942. The maximum absolute atomic E-state index is 11.6. The molecule has 0 aliphatic heterocycles. The lowest BCUT2D eigenvalue weighted by atomic mass is 9.90. The predicted octanol–water partition coefficient (Wildman–Crippen LogP) is 2.61. The second-order valence-corrected chi connectivity index (χ2v) is 7.25. The molecular weight excluding hydrogens is 344 g/mol. The highest BCUT2D eigenvalue weighted by atomic mass is 16.5. The van der Waals surface area contributed by atoms with E-state index < -0.39 is 5.97 Å². The van der Waals surface area contributed by atoms with E-state index in [-0.39, 0.29) is 11.7 Å². The van der Waals surface area contributed by atoms with Crippen LogP contribution in [0.3, 0.4) is 0 Å². The van der Waals surface area contributed by atoms with Gasteiger partial charge in [0.1, 0.15) is 5.75 Å². The Balaban J connectivity index is 1.82. The molecule has 7 nitrogen and oxygen atoms in total. The summed E-state index contributed by atoms with van der Waals surface area (Å²) < 4.78 is 7.35. The van der Waals surface area contributed by atoms with Gasteiger partial charge in [-0.15, -0.1) is 0 Å². The number of rotatable bonds is 6. The summed E-state index contributed by atoms with van der Waals surface area (Å²) >= 11 is 0. The first-order valence-electron chi connectivity index (χ1n) is 9.38.